The van der Waals surface area contributed by atoms with Crippen molar-refractivity contribution in [3.8, 4) is 11.5 Å². The molecule has 0 spiro atoms. The van der Waals surface area contributed by atoms with Crippen molar-refractivity contribution in [1.29, 1.82) is 0 Å². The van der Waals surface area contributed by atoms with Crippen LogP contribution in [0.4, 0.5) is 0 Å². The van der Waals surface area contributed by atoms with Gasteiger partial charge in [-0.15, -0.1) is 0 Å². The number of hydrogen-bond acceptors (Lipinski definition) is 6. The third-order valence-electron chi connectivity index (χ3n) is 5.69. The number of rotatable bonds is 9. The van der Waals surface area contributed by atoms with Crippen LogP contribution in [0.15, 0.2) is 65.1 Å². The highest BCUT2D eigenvalue weighted by atomic mass is 16.5. The normalized spacial score (nSPS) is 15.1. The van der Waals surface area contributed by atoms with Crippen molar-refractivity contribution >= 4 is 5.91 Å². The number of amides is 1. The minimum atomic E-state index is -0.176. The third-order valence-corrected chi connectivity index (χ3v) is 5.69. The number of hydrogen-bond donors (Lipinski definition) is 1. The second-order valence-corrected chi connectivity index (χ2v) is 7.96. The highest BCUT2D eigenvalue weighted by Gasteiger charge is 2.26. The number of aryl methyl sites for hydroxylation is 1. The summed E-state index contributed by atoms with van der Waals surface area (Å²) in [5.41, 5.74) is 1.57. The molecule has 2 heterocycles. The molecule has 1 unspecified atom stereocenters. The summed E-state index contributed by atoms with van der Waals surface area (Å²) < 4.78 is 22.7. The Kier molecular flexibility index (Phi) is 7.65. The molecule has 1 amide bonds. The number of morpholine rings is 1. The van der Waals surface area contributed by atoms with Crippen molar-refractivity contribution in [3.05, 3.63) is 83.3 Å². The van der Waals surface area contributed by atoms with E-state index in [2.05, 4.69) is 10.2 Å². The lowest BCUT2D eigenvalue weighted by atomic mass is 10.1. The zero-order valence-electron chi connectivity index (χ0n) is 19.1. The zero-order chi connectivity index (χ0) is 23.0. The molecule has 7 heteroatoms. The molecular weight excluding hydrogens is 420 g/mol. The summed E-state index contributed by atoms with van der Waals surface area (Å²) in [6.45, 7) is 5.71. The highest BCUT2D eigenvalue weighted by molar-refractivity contribution is 5.94. The number of benzene rings is 2. The first-order chi connectivity index (χ1) is 16.1. The number of ether oxygens (including phenoxy) is 3. The molecular formula is C26H30N2O5. The maximum Gasteiger partial charge on any atom is 0.251 e. The molecule has 0 saturated carbocycles. The van der Waals surface area contributed by atoms with Crippen molar-refractivity contribution in [2.75, 3.05) is 40.0 Å². The van der Waals surface area contributed by atoms with Gasteiger partial charge < -0.3 is 23.9 Å². The minimum Gasteiger partial charge on any atom is -0.493 e. The predicted octanol–water partition coefficient (Wildman–Crippen LogP) is 3.98. The number of nitrogens with zero attached hydrogens (tertiary/aromatic N) is 1. The molecule has 7 nitrogen and oxygen atoms in total. The van der Waals surface area contributed by atoms with E-state index in [1.54, 1.807) is 25.3 Å². The molecule has 3 aromatic rings. The van der Waals surface area contributed by atoms with Crippen LogP contribution in [0.25, 0.3) is 0 Å². The van der Waals surface area contributed by atoms with Gasteiger partial charge in [0.1, 0.15) is 18.1 Å². The Bertz CT molecular complexity index is 1040. The van der Waals surface area contributed by atoms with E-state index in [1.807, 2.05) is 49.4 Å². The summed E-state index contributed by atoms with van der Waals surface area (Å²) in [6.07, 6.45) is 0. The quantitative estimate of drug-likeness (QED) is 0.532. The number of carbonyl (C=O) groups is 1. The Labute approximate surface area is 194 Å². The molecule has 174 valence electrons. The summed E-state index contributed by atoms with van der Waals surface area (Å²) in [4.78, 5) is 15.2. The lowest BCUT2D eigenvalue weighted by Crippen LogP contribution is -2.43. The summed E-state index contributed by atoms with van der Waals surface area (Å²) in [7, 11) is 1.57. The predicted molar refractivity (Wildman–Crippen MR) is 125 cm³/mol. The van der Waals surface area contributed by atoms with Crippen LogP contribution in [0.2, 0.25) is 0 Å². The van der Waals surface area contributed by atoms with Gasteiger partial charge in [-0.3, -0.25) is 9.69 Å². The van der Waals surface area contributed by atoms with Crippen LogP contribution in [-0.4, -0.2) is 50.8 Å². The van der Waals surface area contributed by atoms with Crippen molar-refractivity contribution in [3.63, 3.8) is 0 Å². The first kappa shape index (κ1) is 22.9. The second kappa shape index (κ2) is 11.0. The van der Waals surface area contributed by atoms with E-state index in [4.69, 9.17) is 18.6 Å². The van der Waals surface area contributed by atoms with Crippen molar-refractivity contribution in [2.45, 2.75) is 19.6 Å². The largest absolute Gasteiger partial charge is 0.493 e. The Balaban J connectivity index is 1.42. The fourth-order valence-corrected chi connectivity index (χ4v) is 3.89. The van der Waals surface area contributed by atoms with Crippen molar-refractivity contribution < 1.29 is 23.4 Å². The van der Waals surface area contributed by atoms with Gasteiger partial charge in [0.15, 0.2) is 11.5 Å². The lowest BCUT2D eigenvalue weighted by molar-refractivity contribution is 0.0117. The van der Waals surface area contributed by atoms with Gasteiger partial charge >= 0.3 is 0 Å². The Morgan fingerprint density at radius 2 is 1.85 bits per heavy atom. The lowest BCUT2D eigenvalue weighted by Gasteiger charge is -2.33. The molecule has 1 aromatic heterocycles. The molecule has 1 saturated heterocycles. The van der Waals surface area contributed by atoms with Crippen molar-refractivity contribution in [1.82, 2.24) is 10.2 Å². The van der Waals surface area contributed by atoms with E-state index in [9.17, 15) is 4.79 Å². The van der Waals surface area contributed by atoms with Gasteiger partial charge in [-0.25, -0.2) is 0 Å². The van der Waals surface area contributed by atoms with E-state index in [0.29, 0.717) is 43.4 Å². The first-order valence-corrected chi connectivity index (χ1v) is 11.1. The van der Waals surface area contributed by atoms with Crippen LogP contribution < -0.4 is 14.8 Å². The molecule has 33 heavy (non-hydrogen) atoms. The van der Waals surface area contributed by atoms with Gasteiger partial charge in [-0.2, -0.15) is 0 Å². The summed E-state index contributed by atoms with van der Waals surface area (Å²) in [5.74, 6) is 2.63. The van der Waals surface area contributed by atoms with Gasteiger partial charge in [-0.05, 0) is 42.8 Å². The van der Waals surface area contributed by atoms with Crippen LogP contribution in [0.1, 0.15) is 33.5 Å². The molecule has 1 atom stereocenters. The molecule has 0 bridgehead atoms. The van der Waals surface area contributed by atoms with Crippen LogP contribution >= 0.6 is 0 Å². The summed E-state index contributed by atoms with van der Waals surface area (Å²) in [6, 6.07) is 19.0. The van der Waals surface area contributed by atoms with E-state index in [1.165, 1.54) is 0 Å². The highest BCUT2D eigenvalue weighted by Crippen LogP contribution is 2.29. The topological polar surface area (TPSA) is 73.2 Å². The smallest absolute Gasteiger partial charge is 0.251 e. The average molecular weight is 451 g/mol. The molecule has 4 rings (SSSR count). The minimum absolute atomic E-state index is 0.0538. The van der Waals surface area contributed by atoms with Crippen LogP contribution in [0, 0.1) is 6.92 Å². The Morgan fingerprint density at radius 3 is 2.55 bits per heavy atom. The second-order valence-electron chi connectivity index (χ2n) is 7.96. The van der Waals surface area contributed by atoms with Crippen molar-refractivity contribution in [2.24, 2.45) is 0 Å². The van der Waals surface area contributed by atoms with Gasteiger partial charge in [0.25, 0.3) is 5.91 Å². The van der Waals surface area contributed by atoms with Crippen LogP contribution in [0.3, 0.4) is 0 Å². The number of methoxy groups -OCH3 is 1. The molecule has 1 aliphatic heterocycles. The molecule has 0 radical (unpaired) electrons. The standard InChI is InChI=1S/C26H30N2O5/c1-19-8-10-23(33-19)22(28-12-14-31-15-13-28)17-27-26(29)21-9-11-24(25(16-21)30-2)32-18-20-6-4-3-5-7-20/h3-11,16,22H,12-15,17-18H2,1-2H3,(H,27,29). The number of furan rings is 1. The monoisotopic (exact) mass is 450 g/mol. The average Bonchev–Trinajstić information content (AvgIpc) is 3.29. The SMILES string of the molecule is COc1cc(C(=O)NCC(c2ccc(C)o2)N2CCOCC2)ccc1OCc1ccccc1. The van der Waals surface area contributed by atoms with E-state index in [0.717, 1.165) is 30.2 Å². The molecule has 0 aliphatic carbocycles. The van der Waals surface area contributed by atoms with Crippen LogP contribution in [0.5, 0.6) is 11.5 Å². The fraction of sp³-hybridized carbons (Fsp3) is 0.346. The first-order valence-electron chi connectivity index (χ1n) is 11.1. The fourth-order valence-electron chi connectivity index (χ4n) is 3.89. The zero-order valence-corrected chi connectivity index (χ0v) is 19.1. The maximum absolute atomic E-state index is 12.9. The van der Waals surface area contributed by atoms with Gasteiger partial charge in [0.05, 0.1) is 26.4 Å². The van der Waals surface area contributed by atoms with E-state index >= 15 is 0 Å². The molecule has 2 aromatic carbocycles. The number of carbonyl (C=O) groups excluding carboxylic acids is 1. The third kappa shape index (κ3) is 5.94. The van der Waals surface area contributed by atoms with Crippen LogP contribution in [-0.2, 0) is 11.3 Å². The van der Waals surface area contributed by atoms with E-state index < -0.39 is 0 Å². The maximum atomic E-state index is 12.9. The number of nitrogens with one attached hydrogen (secondary N) is 1. The van der Waals surface area contributed by atoms with E-state index in [-0.39, 0.29) is 11.9 Å². The molecule has 1 fully saturated rings. The van der Waals surface area contributed by atoms with Gasteiger partial charge in [0, 0.05) is 25.2 Å². The van der Waals surface area contributed by atoms with Gasteiger partial charge in [0.2, 0.25) is 0 Å². The Morgan fingerprint density at radius 1 is 1.06 bits per heavy atom. The Hall–Kier alpha value is -3.29. The molecule has 1 aliphatic rings. The summed E-state index contributed by atoms with van der Waals surface area (Å²) in [5, 5.41) is 3.05. The van der Waals surface area contributed by atoms with Gasteiger partial charge in [-0.1, -0.05) is 30.3 Å². The summed E-state index contributed by atoms with van der Waals surface area (Å²) >= 11 is 0. The molecule has 1 N–H and O–H groups in total.